The smallest absolute Gasteiger partial charge is 0.407 e. The number of benzene rings is 1. The molecule has 1 heterocycles. The molecule has 1 fully saturated rings. The van der Waals surface area contributed by atoms with Crippen LogP contribution in [-0.4, -0.2) is 55.9 Å². The number of hydrogen-bond acceptors (Lipinski definition) is 4. The van der Waals surface area contributed by atoms with E-state index in [4.69, 9.17) is 5.11 Å². The lowest BCUT2D eigenvalue weighted by atomic mass is 10.2. The lowest BCUT2D eigenvalue weighted by Crippen LogP contribution is -2.48. The molecular formula is C14H18F2N2O4S. The van der Waals surface area contributed by atoms with E-state index < -0.39 is 37.7 Å². The molecule has 6 nitrogen and oxygen atoms in total. The fraction of sp³-hybridized carbons (Fsp3) is 0.500. The number of carbonyl (C=O) groups is 1. The molecule has 0 unspecified atom stereocenters. The first kappa shape index (κ1) is 17.5. The Hall–Kier alpha value is -1.90. The Kier molecular flexibility index (Phi) is 4.79. The molecule has 0 spiro atoms. The van der Waals surface area contributed by atoms with Crippen LogP contribution in [0.25, 0.3) is 0 Å². The van der Waals surface area contributed by atoms with Gasteiger partial charge in [-0.2, -0.15) is 0 Å². The van der Waals surface area contributed by atoms with Gasteiger partial charge >= 0.3 is 6.09 Å². The van der Waals surface area contributed by atoms with E-state index in [9.17, 15) is 22.0 Å². The lowest BCUT2D eigenvalue weighted by molar-refractivity contribution is 0.142. The minimum atomic E-state index is -3.92. The van der Waals surface area contributed by atoms with Gasteiger partial charge in [0.15, 0.2) is 21.5 Å². The summed E-state index contributed by atoms with van der Waals surface area (Å²) in [6.07, 6.45) is -1.06. The van der Waals surface area contributed by atoms with Gasteiger partial charge in [-0.25, -0.2) is 22.0 Å². The minimum Gasteiger partial charge on any atom is -0.465 e. The molecule has 0 saturated carbocycles. The number of anilines is 1. The highest BCUT2D eigenvalue weighted by molar-refractivity contribution is 7.92. The SMILES string of the molecule is CC(C)S(=O)(=O)c1ccc(N2CCN(C(=O)O)CC2)c(F)c1F. The third kappa shape index (κ3) is 3.24. The highest BCUT2D eigenvalue weighted by atomic mass is 32.2. The number of amides is 1. The highest BCUT2D eigenvalue weighted by Crippen LogP contribution is 2.29. The Balaban J connectivity index is 2.30. The maximum atomic E-state index is 14.3. The van der Waals surface area contributed by atoms with Crippen LogP contribution in [0.2, 0.25) is 0 Å². The van der Waals surface area contributed by atoms with Crippen molar-refractivity contribution in [2.45, 2.75) is 24.0 Å². The largest absolute Gasteiger partial charge is 0.465 e. The molecule has 0 aromatic heterocycles. The van der Waals surface area contributed by atoms with Crippen molar-refractivity contribution in [2.24, 2.45) is 0 Å². The molecular weight excluding hydrogens is 330 g/mol. The van der Waals surface area contributed by atoms with Crippen LogP contribution in [0, 0.1) is 11.6 Å². The molecule has 1 saturated heterocycles. The lowest BCUT2D eigenvalue weighted by Gasteiger charge is -2.34. The third-order valence-electron chi connectivity index (χ3n) is 3.84. The summed E-state index contributed by atoms with van der Waals surface area (Å²) in [4.78, 5) is 12.9. The summed E-state index contributed by atoms with van der Waals surface area (Å²) < 4.78 is 52.5. The zero-order chi connectivity index (χ0) is 17.4. The van der Waals surface area contributed by atoms with Gasteiger partial charge in [0.25, 0.3) is 0 Å². The van der Waals surface area contributed by atoms with Crippen LogP contribution in [0.3, 0.4) is 0 Å². The zero-order valence-electron chi connectivity index (χ0n) is 12.8. The van der Waals surface area contributed by atoms with Crippen molar-refractivity contribution < 1.29 is 27.1 Å². The molecule has 1 aliphatic heterocycles. The third-order valence-corrected chi connectivity index (χ3v) is 6.01. The Morgan fingerprint density at radius 1 is 1.13 bits per heavy atom. The molecule has 9 heteroatoms. The Labute approximate surface area is 133 Å². The zero-order valence-corrected chi connectivity index (χ0v) is 13.6. The molecule has 0 radical (unpaired) electrons. The van der Waals surface area contributed by atoms with Crippen LogP contribution < -0.4 is 4.90 Å². The van der Waals surface area contributed by atoms with Gasteiger partial charge in [0, 0.05) is 26.2 Å². The fourth-order valence-corrected chi connectivity index (χ4v) is 3.48. The molecule has 0 bridgehead atoms. The van der Waals surface area contributed by atoms with Crippen molar-refractivity contribution in [1.29, 1.82) is 0 Å². The second-order valence-corrected chi connectivity index (χ2v) is 8.03. The van der Waals surface area contributed by atoms with Gasteiger partial charge in [0.2, 0.25) is 0 Å². The summed E-state index contributed by atoms with van der Waals surface area (Å²) >= 11 is 0. The Bertz CT molecular complexity index is 714. The minimum absolute atomic E-state index is 0.0600. The summed E-state index contributed by atoms with van der Waals surface area (Å²) in [5.41, 5.74) is -0.0600. The molecule has 1 N–H and O–H groups in total. The number of rotatable bonds is 3. The number of piperazine rings is 1. The standard InChI is InChI=1S/C14H18F2N2O4S/c1-9(2)23(21,22)11-4-3-10(12(15)13(11)16)17-5-7-18(8-6-17)14(19)20/h3-4,9H,5-8H2,1-2H3,(H,19,20). The number of sulfone groups is 1. The first-order valence-corrected chi connectivity index (χ1v) is 8.65. The van der Waals surface area contributed by atoms with E-state index in [1.54, 1.807) is 0 Å². The first-order valence-electron chi connectivity index (χ1n) is 7.11. The maximum absolute atomic E-state index is 14.3. The fourth-order valence-electron chi connectivity index (χ4n) is 2.38. The highest BCUT2D eigenvalue weighted by Gasteiger charge is 2.29. The maximum Gasteiger partial charge on any atom is 0.407 e. The van der Waals surface area contributed by atoms with Crippen molar-refractivity contribution in [1.82, 2.24) is 4.90 Å². The summed E-state index contributed by atoms with van der Waals surface area (Å²) in [5, 5.41) is 8.02. The summed E-state index contributed by atoms with van der Waals surface area (Å²) in [7, 11) is -3.92. The predicted molar refractivity (Wildman–Crippen MR) is 80.5 cm³/mol. The van der Waals surface area contributed by atoms with Crippen molar-refractivity contribution in [3.63, 3.8) is 0 Å². The summed E-state index contributed by atoms with van der Waals surface area (Å²) in [6.45, 7) is 3.54. The average molecular weight is 348 g/mol. The number of nitrogens with zero attached hydrogens (tertiary/aromatic N) is 2. The van der Waals surface area contributed by atoms with Gasteiger partial charge in [-0.3, -0.25) is 0 Å². The molecule has 0 atom stereocenters. The van der Waals surface area contributed by atoms with E-state index >= 15 is 0 Å². The normalized spacial score (nSPS) is 16.0. The van der Waals surface area contributed by atoms with Crippen LogP contribution in [0.5, 0.6) is 0 Å². The quantitative estimate of drug-likeness (QED) is 0.903. The van der Waals surface area contributed by atoms with E-state index in [-0.39, 0.29) is 31.9 Å². The monoisotopic (exact) mass is 348 g/mol. The number of hydrogen-bond donors (Lipinski definition) is 1. The molecule has 1 aliphatic rings. The van der Waals surface area contributed by atoms with E-state index in [1.165, 1.54) is 29.7 Å². The van der Waals surface area contributed by atoms with Gasteiger partial charge in [-0.15, -0.1) is 0 Å². The second-order valence-electron chi connectivity index (χ2n) is 5.56. The number of halogens is 2. The van der Waals surface area contributed by atoms with Crippen molar-refractivity contribution in [2.75, 3.05) is 31.1 Å². The van der Waals surface area contributed by atoms with Gasteiger partial charge in [0.05, 0.1) is 10.9 Å². The number of carboxylic acid groups (broad SMARTS) is 1. The van der Waals surface area contributed by atoms with E-state index in [2.05, 4.69) is 0 Å². The molecule has 23 heavy (non-hydrogen) atoms. The Morgan fingerprint density at radius 2 is 1.70 bits per heavy atom. The van der Waals surface area contributed by atoms with Gasteiger partial charge in [-0.1, -0.05) is 0 Å². The van der Waals surface area contributed by atoms with Crippen molar-refractivity contribution >= 4 is 21.6 Å². The molecule has 1 aromatic rings. The topological polar surface area (TPSA) is 77.9 Å². The first-order chi connectivity index (χ1) is 10.7. The van der Waals surface area contributed by atoms with Crippen LogP contribution >= 0.6 is 0 Å². The van der Waals surface area contributed by atoms with E-state index in [0.717, 1.165) is 6.07 Å². The molecule has 128 valence electrons. The van der Waals surface area contributed by atoms with Crippen molar-refractivity contribution in [3.05, 3.63) is 23.8 Å². The van der Waals surface area contributed by atoms with Gasteiger partial charge in [-0.05, 0) is 26.0 Å². The van der Waals surface area contributed by atoms with Crippen LogP contribution in [0.1, 0.15) is 13.8 Å². The Morgan fingerprint density at radius 3 is 2.17 bits per heavy atom. The van der Waals surface area contributed by atoms with Crippen molar-refractivity contribution in [3.8, 4) is 0 Å². The predicted octanol–water partition coefficient (Wildman–Crippen LogP) is 1.95. The molecule has 1 amide bonds. The van der Waals surface area contributed by atoms with Crippen LogP contribution in [0.15, 0.2) is 17.0 Å². The molecule has 2 rings (SSSR count). The van der Waals surface area contributed by atoms with E-state index in [0.29, 0.717) is 0 Å². The molecule has 0 aliphatic carbocycles. The molecule has 1 aromatic carbocycles. The average Bonchev–Trinajstić information content (AvgIpc) is 2.49. The van der Waals surface area contributed by atoms with Gasteiger partial charge in [0.1, 0.15) is 4.90 Å². The summed E-state index contributed by atoms with van der Waals surface area (Å²) in [6, 6.07) is 2.29. The van der Waals surface area contributed by atoms with Crippen LogP contribution in [0.4, 0.5) is 19.3 Å². The van der Waals surface area contributed by atoms with Gasteiger partial charge < -0.3 is 14.9 Å². The second kappa shape index (κ2) is 6.31. The van der Waals surface area contributed by atoms with Crippen LogP contribution in [-0.2, 0) is 9.84 Å². The summed E-state index contributed by atoms with van der Waals surface area (Å²) in [5.74, 6) is -2.62. The van der Waals surface area contributed by atoms with E-state index in [1.807, 2.05) is 0 Å².